The Labute approximate surface area is 89.8 Å². The predicted molar refractivity (Wildman–Crippen MR) is 55.7 cm³/mol. The molecular weight excluding hydrogens is 230 g/mol. The first-order valence-corrected chi connectivity index (χ1v) is 4.89. The molecule has 68 valence electrons. The number of alkyl halides is 1. The fourth-order valence-corrected chi connectivity index (χ4v) is 1.82. The Morgan fingerprint density at radius 3 is 2.77 bits per heavy atom. The van der Waals surface area contributed by atoms with Gasteiger partial charge in [0.05, 0.1) is 16.4 Å². The van der Waals surface area contributed by atoms with Gasteiger partial charge >= 0.3 is 0 Å². The summed E-state index contributed by atoms with van der Waals surface area (Å²) in [6.45, 7) is 0. The summed E-state index contributed by atoms with van der Waals surface area (Å²) in [7, 11) is 0. The third-order valence-corrected chi connectivity index (χ3v) is 2.44. The van der Waals surface area contributed by atoms with Gasteiger partial charge in [0, 0.05) is 5.02 Å². The maximum atomic E-state index is 5.92. The second-order valence-electron chi connectivity index (χ2n) is 2.60. The first-order valence-electron chi connectivity index (χ1n) is 3.60. The lowest BCUT2D eigenvalue weighted by molar-refractivity contribution is 1.13. The molecule has 0 spiro atoms. The number of aromatic amines is 1. The van der Waals surface area contributed by atoms with Gasteiger partial charge in [-0.05, 0) is 12.1 Å². The lowest BCUT2D eigenvalue weighted by Crippen LogP contribution is -1.77. The van der Waals surface area contributed by atoms with Crippen LogP contribution in [-0.2, 0) is 5.88 Å². The van der Waals surface area contributed by atoms with E-state index in [4.69, 9.17) is 34.8 Å². The second-order valence-corrected chi connectivity index (χ2v) is 3.71. The van der Waals surface area contributed by atoms with E-state index in [9.17, 15) is 0 Å². The molecule has 0 radical (unpaired) electrons. The third kappa shape index (κ3) is 1.62. The minimum Gasteiger partial charge on any atom is -0.341 e. The lowest BCUT2D eigenvalue weighted by Gasteiger charge is -1.92. The van der Waals surface area contributed by atoms with E-state index in [2.05, 4.69) is 9.97 Å². The number of halogens is 3. The van der Waals surface area contributed by atoms with Gasteiger partial charge in [-0.2, -0.15) is 0 Å². The quantitative estimate of drug-likeness (QED) is 0.752. The zero-order valence-corrected chi connectivity index (χ0v) is 8.71. The van der Waals surface area contributed by atoms with Gasteiger partial charge in [0.1, 0.15) is 11.3 Å². The highest BCUT2D eigenvalue weighted by molar-refractivity contribution is 6.38. The summed E-state index contributed by atoms with van der Waals surface area (Å²) in [5.74, 6) is 1.03. The van der Waals surface area contributed by atoms with Crippen LogP contribution in [0.2, 0.25) is 10.0 Å². The van der Waals surface area contributed by atoms with Crippen molar-refractivity contribution in [3.05, 3.63) is 28.0 Å². The molecule has 0 saturated carbocycles. The van der Waals surface area contributed by atoms with Crippen molar-refractivity contribution in [2.45, 2.75) is 5.88 Å². The molecule has 0 unspecified atom stereocenters. The number of nitrogens with one attached hydrogen (secondary N) is 1. The first-order chi connectivity index (χ1) is 6.20. The second kappa shape index (κ2) is 3.37. The molecule has 13 heavy (non-hydrogen) atoms. The summed E-state index contributed by atoms with van der Waals surface area (Å²) in [5.41, 5.74) is 1.52. The molecule has 2 rings (SSSR count). The highest BCUT2D eigenvalue weighted by atomic mass is 35.5. The van der Waals surface area contributed by atoms with E-state index in [1.165, 1.54) is 0 Å². The van der Waals surface area contributed by atoms with Crippen LogP contribution >= 0.6 is 34.8 Å². The fourth-order valence-electron chi connectivity index (χ4n) is 1.16. The summed E-state index contributed by atoms with van der Waals surface area (Å²) in [5, 5.41) is 1.12. The van der Waals surface area contributed by atoms with Crippen LogP contribution in [0.15, 0.2) is 12.1 Å². The van der Waals surface area contributed by atoms with Gasteiger partial charge in [0.15, 0.2) is 0 Å². The van der Waals surface area contributed by atoms with E-state index < -0.39 is 0 Å². The maximum Gasteiger partial charge on any atom is 0.122 e. The Balaban J connectivity index is 2.75. The van der Waals surface area contributed by atoms with Crippen molar-refractivity contribution in [3.8, 4) is 0 Å². The van der Waals surface area contributed by atoms with E-state index in [0.717, 1.165) is 5.52 Å². The van der Waals surface area contributed by atoms with E-state index in [1.807, 2.05) is 0 Å². The number of rotatable bonds is 1. The summed E-state index contributed by atoms with van der Waals surface area (Å²) in [6.07, 6.45) is 0. The maximum absolute atomic E-state index is 5.92. The van der Waals surface area contributed by atoms with Crippen molar-refractivity contribution in [1.29, 1.82) is 0 Å². The van der Waals surface area contributed by atoms with E-state index in [0.29, 0.717) is 27.3 Å². The van der Waals surface area contributed by atoms with E-state index >= 15 is 0 Å². The molecular formula is C8H5Cl3N2. The number of fused-ring (bicyclic) bond motifs is 1. The van der Waals surface area contributed by atoms with Crippen LogP contribution in [0.1, 0.15) is 5.82 Å². The smallest absolute Gasteiger partial charge is 0.122 e. The molecule has 1 heterocycles. The zero-order chi connectivity index (χ0) is 9.42. The standard InChI is InChI=1S/C8H5Cl3N2/c9-3-7-12-6-2-4(10)1-5(11)8(6)13-7/h1-2H,3H2,(H,12,13). The predicted octanol–water partition coefficient (Wildman–Crippen LogP) is 3.61. The largest absolute Gasteiger partial charge is 0.341 e. The van der Waals surface area contributed by atoms with Crippen LogP contribution in [0.25, 0.3) is 11.0 Å². The van der Waals surface area contributed by atoms with Gasteiger partial charge in [-0.15, -0.1) is 11.6 Å². The van der Waals surface area contributed by atoms with Crippen molar-refractivity contribution in [2.75, 3.05) is 0 Å². The topological polar surface area (TPSA) is 28.7 Å². The molecule has 1 aromatic carbocycles. The summed E-state index contributed by atoms with van der Waals surface area (Å²) in [4.78, 5) is 7.21. The summed E-state index contributed by atoms with van der Waals surface area (Å²) < 4.78 is 0. The van der Waals surface area contributed by atoms with Crippen LogP contribution < -0.4 is 0 Å². The highest BCUT2D eigenvalue weighted by Gasteiger charge is 2.06. The number of benzene rings is 1. The van der Waals surface area contributed by atoms with Crippen molar-refractivity contribution >= 4 is 45.8 Å². The fraction of sp³-hybridized carbons (Fsp3) is 0.125. The number of nitrogens with zero attached hydrogens (tertiary/aromatic N) is 1. The Kier molecular flexibility index (Phi) is 2.37. The van der Waals surface area contributed by atoms with Gasteiger partial charge < -0.3 is 4.98 Å². The Morgan fingerprint density at radius 1 is 1.31 bits per heavy atom. The van der Waals surface area contributed by atoms with E-state index in [1.54, 1.807) is 12.1 Å². The molecule has 0 aliphatic carbocycles. The lowest BCUT2D eigenvalue weighted by atomic mass is 10.3. The highest BCUT2D eigenvalue weighted by Crippen LogP contribution is 2.26. The SMILES string of the molecule is ClCc1nc2c(Cl)cc(Cl)cc2[nH]1. The number of imidazole rings is 1. The zero-order valence-electron chi connectivity index (χ0n) is 6.44. The summed E-state index contributed by atoms with van der Waals surface area (Å²) >= 11 is 17.4. The molecule has 1 N–H and O–H groups in total. The molecule has 0 atom stereocenters. The van der Waals surface area contributed by atoms with Crippen LogP contribution in [0, 0.1) is 0 Å². The molecule has 0 aliphatic heterocycles. The van der Waals surface area contributed by atoms with Crippen LogP contribution in [0.4, 0.5) is 0 Å². The number of H-pyrrole nitrogens is 1. The molecule has 2 nitrogen and oxygen atoms in total. The van der Waals surface area contributed by atoms with E-state index in [-0.39, 0.29) is 0 Å². The van der Waals surface area contributed by atoms with Gasteiger partial charge in [-0.25, -0.2) is 4.98 Å². The van der Waals surface area contributed by atoms with Crippen molar-refractivity contribution in [2.24, 2.45) is 0 Å². The Hall–Kier alpha value is -0.440. The Bertz CT molecular complexity index is 450. The molecule has 0 fully saturated rings. The normalized spacial score (nSPS) is 11.0. The molecule has 1 aromatic heterocycles. The number of hydrogen-bond donors (Lipinski definition) is 1. The summed E-state index contributed by atoms with van der Waals surface area (Å²) in [6, 6.07) is 3.43. The monoisotopic (exact) mass is 234 g/mol. The minimum absolute atomic E-state index is 0.336. The first kappa shape index (κ1) is 9.13. The number of aromatic nitrogens is 2. The Morgan fingerprint density at radius 2 is 2.08 bits per heavy atom. The van der Waals surface area contributed by atoms with Crippen LogP contribution in [-0.4, -0.2) is 9.97 Å². The van der Waals surface area contributed by atoms with Crippen molar-refractivity contribution in [3.63, 3.8) is 0 Å². The van der Waals surface area contributed by atoms with Crippen molar-refractivity contribution in [1.82, 2.24) is 9.97 Å². The molecule has 5 heteroatoms. The third-order valence-electron chi connectivity index (χ3n) is 1.68. The molecule has 2 aromatic rings. The van der Waals surface area contributed by atoms with Gasteiger partial charge in [0.25, 0.3) is 0 Å². The molecule has 0 saturated heterocycles. The molecule has 0 amide bonds. The van der Waals surface area contributed by atoms with Crippen LogP contribution in [0.5, 0.6) is 0 Å². The molecule has 0 aliphatic rings. The average Bonchev–Trinajstić information content (AvgIpc) is 2.47. The number of hydrogen-bond acceptors (Lipinski definition) is 1. The van der Waals surface area contributed by atoms with Crippen LogP contribution in [0.3, 0.4) is 0 Å². The van der Waals surface area contributed by atoms with Crippen molar-refractivity contribution < 1.29 is 0 Å². The minimum atomic E-state index is 0.336. The van der Waals surface area contributed by atoms with Gasteiger partial charge in [0.2, 0.25) is 0 Å². The van der Waals surface area contributed by atoms with Gasteiger partial charge in [-0.1, -0.05) is 23.2 Å². The van der Waals surface area contributed by atoms with Gasteiger partial charge in [-0.3, -0.25) is 0 Å². The molecule has 0 bridgehead atoms. The average molecular weight is 236 g/mol.